The number of aliphatic carboxylic acids is 1. The molecule has 1 aliphatic carbocycles. The number of hydrogen-bond donors (Lipinski definition) is 2. The first-order valence-corrected chi connectivity index (χ1v) is 8.05. The minimum Gasteiger partial charge on any atom is -0.481 e. The lowest BCUT2D eigenvalue weighted by Gasteiger charge is -2.28. The molecule has 0 aliphatic heterocycles. The van der Waals surface area contributed by atoms with Crippen LogP contribution in [0, 0.1) is 0 Å². The van der Waals surface area contributed by atoms with Crippen molar-refractivity contribution in [2.75, 3.05) is 0 Å². The summed E-state index contributed by atoms with van der Waals surface area (Å²) in [5.41, 5.74) is 0.613. The quantitative estimate of drug-likeness (QED) is 0.843. The summed E-state index contributed by atoms with van der Waals surface area (Å²) in [6, 6.07) is 9.77. The zero-order valence-electron chi connectivity index (χ0n) is 13.3. The predicted molar refractivity (Wildman–Crippen MR) is 86.5 cm³/mol. The summed E-state index contributed by atoms with van der Waals surface area (Å²) in [5, 5.41) is 19.9. The van der Waals surface area contributed by atoms with Crippen molar-refractivity contribution in [1.29, 1.82) is 0 Å². The largest absolute Gasteiger partial charge is 0.481 e. The number of nitrogens with zero attached hydrogens (tertiary/aromatic N) is 3. The number of hydrogen-bond acceptors (Lipinski definition) is 4. The van der Waals surface area contributed by atoms with E-state index >= 15 is 0 Å². The Morgan fingerprint density at radius 2 is 1.92 bits per heavy atom. The van der Waals surface area contributed by atoms with Gasteiger partial charge in [-0.05, 0) is 18.4 Å². The van der Waals surface area contributed by atoms with Crippen LogP contribution < -0.4 is 5.32 Å². The van der Waals surface area contributed by atoms with Crippen LogP contribution in [-0.4, -0.2) is 37.5 Å². The van der Waals surface area contributed by atoms with E-state index in [1.165, 1.54) is 0 Å². The van der Waals surface area contributed by atoms with Crippen molar-refractivity contribution in [3.8, 4) is 0 Å². The first-order chi connectivity index (χ1) is 11.6. The number of nitrogens with one attached hydrogen (secondary N) is 1. The third kappa shape index (κ3) is 3.79. The van der Waals surface area contributed by atoms with Crippen molar-refractivity contribution >= 4 is 11.9 Å². The van der Waals surface area contributed by atoms with Crippen molar-refractivity contribution in [3.63, 3.8) is 0 Å². The summed E-state index contributed by atoms with van der Waals surface area (Å²) in [4.78, 5) is 23.5. The van der Waals surface area contributed by atoms with Crippen molar-refractivity contribution < 1.29 is 14.7 Å². The first-order valence-electron chi connectivity index (χ1n) is 8.05. The van der Waals surface area contributed by atoms with Gasteiger partial charge in [-0.15, -0.1) is 5.10 Å². The Kier molecular flexibility index (Phi) is 4.59. The van der Waals surface area contributed by atoms with Crippen molar-refractivity contribution in [3.05, 3.63) is 47.8 Å². The molecule has 1 aromatic heterocycles. The molecule has 2 aromatic rings. The second-order valence-corrected chi connectivity index (χ2v) is 6.30. The molecule has 2 N–H and O–H groups in total. The lowest BCUT2D eigenvalue weighted by Crippen LogP contribution is -2.47. The van der Waals surface area contributed by atoms with Crippen LogP contribution in [0.3, 0.4) is 0 Å². The Balaban J connectivity index is 1.68. The average Bonchev–Trinajstić information content (AvgIpc) is 3.18. The lowest BCUT2D eigenvalue weighted by molar-refractivity contribution is -0.138. The van der Waals surface area contributed by atoms with E-state index in [1.807, 2.05) is 30.3 Å². The molecule has 1 aliphatic rings. The van der Waals surface area contributed by atoms with Gasteiger partial charge in [-0.3, -0.25) is 9.59 Å². The fourth-order valence-electron chi connectivity index (χ4n) is 3.24. The van der Waals surface area contributed by atoms with Gasteiger partial charge in [-0.1, -0.05) is 48.4 Å². The van der Waals surface area contributed by atoms with Crippen LogP contribution in [0.25, 0.3) is 0 Å². The monoisotopic (exact) mass is 328 g/mol. The highest BCUT2D eigenvalue weighted by Crippen LogP contribution is 2.32. The Hall–Kier alpha value is -2.70. The average molecular weight is 328 g/mol. The van der Waals surface area contributed by atoms with Gasteiger partial charge in [-0.25, -0.2) is 4.68 Å². The molecule has 3 rings (SSSR count). The number of benzene rings is 1. The van der Waals surface area contributed by atoms with E-state index in [-0.39, 0.29) is 18.0 Å². The van der Waals surface area contributed by atoms with E-state index in [2.05, 4.69) is 15.6 Å². The maximum Gasteiger partial charge on any atom is 0.305 e. The Bertz CT molecular complexity index is 720. The van der Waals surface area contributed by atoms with Gasteiger partial charge in [0.15, 0.2) is 5.69 Å². The molecule has 24 heavy (non-hydrogen) atoms. The van der Waals surface area contributed by atoms with Gasteiger partial charge in [0, 0.05) is 0 Å². The number of amides is 1. The fourth-order valence-corrected chi connectivity index (χ4v) is 3.24. The summed E-state index contributed by atoms with van der Waals surface area (Å²) in [7, 11) is 0. The highest BCUT2D eigenvalue weighted by atomic mass is 16.4. The molecule has 0 radical (unpaired) electrons. The smallest absolute Gasteiger partial charge is 0.305 e. The molecular formula is C17H20N4O3. The molecular weight excluding hydrogens is 308 g/mol. The van der Waals surface area contributed by atoms with Gasteiger partial charge in [0.1, 0.15) is 0 Å². The second-order valence-electron chi connectivity index (χ2n) is 6.30. The molecule has 1 fully saturated rings. The summed E-state index contributed by atoms with van der Waals surface area (Å²) in [5.74, 6) is -1.26. The minimum atomic E-state index is -0.898. The van der Waals surface area contributed by atoms with E-state index in [0.29, 0.717) is 19.4 Å². The number of carboxylic acids is 1. The number of carboxylic acid groups (broad SMARTS) is 1. The van der Waals surface area contributed by atoms with E-state index in [9.17, 15) is 9.59 Å². The van der Waals surface area contributed by atoms with Crippen LogP contribution in [-0.2, 0) is 11.3 Å². The van der Waals surface area contributed by atoms with Gasteiger partial charge in [0.05, 0.1) is 24.7 Å². The number of aromatic nitrogens is 3. The molecule has 0 bridgehead atoms. The van der Waals surface area contributed by atoms with Crippen molar-refractivity contribution in [1.82, 2.24) is 20.3 Å². The summed E-state index contributed by atoms with van der Waals surface area (Å²) < 4.78 is 1.60. The third-order valence-corrected chi connectivity index (χ3v) is 4.39. The van der Waals surface area contributed by atoms with Crippen molar-refractivity contribution in [2.45, 2.75) is 44.2 Å². The minimum absolute atomic E-state index is 0.0586. The Labute approximate surface area is 139 Å². The van der Waals surface area contributed by atoms with E-state index < -0.39 is 11.5 Å². The third-order valence-electron chi connectivity index (χ3n) is 4.39. The maximum absolute atomic E-state index is 12.4. The Morgan fingerprint density at radius 3 is 2.58 bits per heavy atom. The molecule has 1 amide bonds. The molecule has 126 valence electrons. The molecule has 0 unspecified atom stereocenters. The van der Waals surface area contributed by atoms with Gasteiger partial charge >= 0.3 is 5.97 Å². The van der Waals surface area contributed by atoms with Crippen LogP contribution in [0.5, 0.6) is 0 Å². The van der Waals surface area contributed by atoms with Crippen LogP contribution in [0.15, 0.2) is 36.5 Å². The highest BCUT2D eigenvalue weighted by molar-refractivity contribution is 5.92. The molecule has 1 saturated carbocycles. The number of carbonyl (C=O) groups is 2. The van der Waals surface area contributed by atoms with Crippen LogP contribution in [0.2, 0.25) is 0 Å². The van der Waals surface area contributed by atoms with Crippen LogP contribution in [0.1, 0.15) is 48.2 Å². The first kappa shape index (κ1) is 16.2. The van der Waals surface area contributed by atoms with E-state index in [0.717, 1.165) is 18.4 Å². The lowest BCUT2D eigenvalue weighted by atomic mass is 9.93. The zero-order valence-corrected chi connectivity index (χ0v) is 13.3. The molecule has 7 nitrogen and oxygen atoms in total. The molecule has 1 aromatic carbocycles. The highest BCUT2D eigenvalue weighted by Gasteiger charge is 2.38. The predicted octanol–water partition coefficient (Wildman–Crippen LogP) is 1.84. The van der Waals surface area contributed by atoms with Gasteiger partial charge in [0.25, 0.3) is 5.91 Å². The number of rotatable bonds is 6. The fraction of sp³-hybridized carbons (Fsp3) is 0.412. The SMILES string of the molecule is O=C(O)CC1(NC(=O)c2cn(Cc3ccccc3)nn2)CCCC1. The standard InChI is InChI=1S/C17H20N4O3/c22-15(23)10-17(8-4-5-9-17)18-16(24)14-12-21(20-19-14)11-13-6-2-1-3-7-13/h1-3,6-7,12H,4-5,8-11H2,(H,18,24)(H,22,23). The van der Waals surface area contributed by atoms with Crippen LogP contribution >= 0.6 is 0 Å². The molecule has 0 saturated heterocycles. The molecule has 0 atom stereocenters. The summed E-state index contributed by atoms with van der Waals surface area (Å²) >= 11 is 0. The van der Waals surface area contributed by atoms with Gasteiger partial charge < -0.3 is 10.4 Å². The maximum atomic E-state index is 12.4. The molecule has 0 spiro atoms. The second kappa shape index (κ2) is 6.82. The normalized spacial score (nSPS) is 16.0. The van der Waals surface area contributed by atoms with Crippen LogP contribution in [0.4, 0.5) is 0 Å². The summed E-state index contributed by atoms with van der Waals surface area (Å²) in [6.45, 7) is 0.529. The van der Waals surface area contributed by atoms with Gasteiger partial charge in [-0.2, -0.15) is 0 Å². The molecule has 7 heteroatoms. The van der Waals surface area contributed by atoms with E-state index in [4.69, 9.17) is 5.11 Å². The van der Waals surface area contributed by atoms with E-state index in [1.54, 1.807) is 10.9 Å². The zero-order chi connectivity index (χ0) is 17.0. The summed E-state index contributed by atoms with van der Waals surface area (Å²) in [6.07, 6.45) is 4.75. The Morgan fingerprint density at radius 1 is 1.21 bits per heavy atom. The molecule has 1 heterocycles. The number of carbonyl (C=O) groups excluding carboxylic acids is 1. The van der Waals surface area contributed by atoms with Gasteiger partial charge in [0.2, 0.25) is 0 Å². The van der Waals surface area contributed by atoms with Crippen molar-refractivity contribution in [2.24, 2.45) is 0 Å². The topological polar surface area (TPSA) is 97.1 Å².